The van der Waals surface area contributed by atoms with Gasteiger partial charge in [-0.15, -0.1) is 0 Å². The summed E-state index contributed by atoms with van der Waals surface area (Å²) in [5, 5.41) is 8.69. The zero-order valence-corrected chi connectivity index (χ0v) is 8.90. The third kappa shape index (κ3) is 1.81. The minimum absolute atomic E-state index is 0.0967. The van der Waals surface area contributed by atoms with Crippen molar-refractivity contribution in [2.45, 2.75) is 19.4 Å². The molecule has 1 aromatic carbocycles. The quantitative estimate of drug-likeness (QED) is 0.804. The molecule has 16 heavy (non-hydrogen) atoms. The highest BCUT2D eigenvalue weighted by Gasteiger charge is 2.21. The largest absolute Gasteiger partial charge is 0.481 e. The number of nitrogens with two attached hydrogens (primary N) is 1. The molecule has 0 spiro atoms. The lowest BCUT2D eigenvalue weighted by Crippen LogP contribution is -2.16. The topological polar surface area (TPSA) is 81.8 Å². The number of carbonyl (C=O) groups is 1. The van der Waals surface area contributed by atoms with Gasteiger partial charge in [0.15, 0.2) is 11.5 Å². The summed E-state index contributed by atoms with van der Waals surface area (Å²) >= 11 is 0. The number of carboxylic acid groups (broad SMARTS) is 1. The van der Waals surface area contributed by atoms with Crippen LogP contribution in [-0.4, -0.2) is 17.9 Å². The second-order valence-electron chi connectivity index (χ2n) is 3.72. The molecule has 0 saturated heterocycles. The van der Waals surface area contributed by atoms with Crippen LogP contribution in [-0.2, 0) is 4.79 Å². The second-order valence-corrected chi connectivity index (χ2v) is 3.72. The summed E-state index contributed by atoms with van der Waals surface area (Å²) in [6, 6.07) is 3.02. The molecule has 0 aromatic heterocycles. The van der Waals surface area contributed by atoms with Gasteiger partial charge in [0.25, 0.3) is 0 Å². The van der Waals surface area contributed by atoms with Crippen LogP contribution in [0.3, 0.4) is 0 Å². The first kappa shape index (κ1) is 10.8. The van der Waals surface area contributed by atoms with Crippen LogP contribution < -0.4 is 15.2 Å². The maximum atomic E-state index is 10.6. The highest BCUT2D eigenvalue weighted by molar-refractivity contribution is 5.68. The van der Waals surface area contributed by atoms with E-state index < -0.39 is 12.0 Å². The Balaban J connectivity index is 2.32. The van der Waals surface area contributed by atoms with Crippen molar-refractivity contribution in [3.8, 4) is 11.5 Å². The molecule has 1 aliphatic rings. The van der Waals surface area contributed by atoms with Gasteiger partial charge in [0, 0.05) is 6.04 Å². The number of hydrogen-bond acceptors (Lipinski definition) is 4. The Morgan fingerprint density at radius 2 is 2.31 bits per heavy atom. The van der Waals surface area contributed by atoms with Gasteiger partial charge in [-0.25, -0.2) is 0 Å². The first-order valence-electron chi connectivity index (χ1n) is 4.96. The van der Waals surface area contributed by atoms with E-state index in [0.717, 1.165) is 11.1 Å². The molecular weight excluding hydrogens is 210 g/mol. The molecule has 86 valence electrons. The molecule has 0 radical (unpaired) electrons. The van der Waals surface area contributed by atoms with Crippen molar-refractivity contribution in [3.63, 3.8) is 0 Å². The Bertz CT molecular complexity index is 430. The van der Waals surface area contributed by atoms with E-state index in [1.807, 2.05) is 6.92 Å². The normalized spacial score (nSPS) is 14.9. The van der Waals surface area contributed by atoms with Crippen LogP contribution in [0.15, 0.2) is 12.1 Å². The van der Waals surface area contributed by atoms with E-state index in [1.165, 1.54) is 0 Å². The van der Waals surface area contributed by atoms with Crippen molar-refractivity contribution in [1.82, 2.24) is 0 Å². The zero-order chi connectivity index (χ0) is 11.7. The van der Waals surface area contributed by atoms with Crippen molar-refractivity contribution in [3.05, 3.63) is 23.3 Å². The number of rotatable bonds is 3. The van der Waals surface area contributed by atoms with Crippen molar-refractivity contribution < 1.29 is 19.4 Å². The summed E-state index contributed by atoms with van der Waals surface area (Å²) in [6.45, 7) is 2.05. The molecule has 5 heteroatoms. The highest BCUT2D eigenvalue weighted by atomic mass is 16.7. The molecule has 5 nitrogen and oxygen atoms in total. The third-order valence-corrected chi connectivity index (χ3v) is 2.62. The van der Waals surface area contributed by atoms with Gasteiger partial charge in [-0.2, -0.15) is 0 Å². The second kappa shape index (κ2) is 4.02. The Morgan fingerprint density at radius 3 is 3.00 bits per heavy atom. The lowest BCUT2D eigenvalue weighted by molar-refractivity contribution is -0.137. The van der Waals surface area contributed by atoms with Gasteiger partial charge in [-0.05, 0) is 24.1 Å². The smallest absolute Gasteiger partial charge is 0.305 e. The van der Waals surface area contributed by atoms with Crippen LogP contribution in [0, 0.1) is 6.92 Å². The van der Waals surface area contributed by atoms with Crippen LogP contribution in [0.2, 0.25) is 0 Å². The molecule has 1 aliphatic heterocycles. The average Bonchev–Trinajstić information content (AvgIpc) is 2.65. The fourth-order valence-corrected chi connectivity index (χ4v) is 1.83. The fraction of sp³-hybridized carbons (Fsp3) is 0.364. The standard InChI is InChI=1S/C11H13NO4/c1-6-7(8(12)4-10(13)14)2-3-9-11(6)16-5-15-9/h2-3,8H,4-5,12H2,1H3,(H,13,14). The summed E-state index contributed by atoms with van der Waals surface area (Å²) in [6.07, 6.45) is -0.0967. The summed E-state index contributed by atoms with van der Waals surface area (Å²) in [5.41, 5.74) is 7.45. The van der Waals surface area contributed by atoms with Crippen molar-refractivity contribution in [2.24, 2.45) is 5.73 Å². The van der Waals surface area contributed by atoms with Crippen LogP contribution in [0.25, 0.3) is 0 Å². The van der Waals surface area contributed by atoms with Gasteiger partial charge in [0.1, 0.15) is 0 Å². The predicted molar refractivity (Wildman–Crippen MR) is 56.5 cm³/mol. The summed E-state index contributed by atoms with van der Waals surface area (Å²) in [7, 11) is 0. The number of hydrogen-bond donors (Lipinski definition) is 2. The monoisotopic (exact) mass is 223 g/mol. The predicted octanol–water partition coefficient (Wildman–Crippen LogP) is 1.20. The molecule has 0 saturated carbocycles. The lowest BCUT2D eigenvalue weighted by Gasteiger charge is -2.13. The molecule has 3 N–H and O–H groups in total. The summed E-state index contributed by atoms with van der Waals surface area (Å²) in [4.78, 5) is 10.6. The van der Waals surface area contributed by atoms with Crippen molar-refractivity contribution >= 4 is 5.97 Å². The fourth-order valence-electron chi connectivity index (χ4n) is 1.83. The van der Waals surface area contributed by atoms with Gasteiger partial charge >= 0.3 is 5.97 Å². The van der Waals surface area contributed by atoms with E-state index in [4.69, 9.17) is 20.3 Å². The van der Waals surface area contributed by atoms with E-state index in [0.29, 0.717) is 11.5 Å². The number of aliphatic carboxylic acids is 1. The molecule has 1 unspecified atom stereocenters. The van der Waals surface area contributed by atoms with Crippen molar-refractivity contribution in [1.29, 1.82) is 0 Å². The highest BCUT2D eigenvalue weighted by Crippen LogP contribution is 2.38. The number of benzene rings is 1. The van der Waals surface area contributed by atoms with Crippen molar-refractivity contribution in [2.75, 3.05) is 6.79 Å². The molecule has 0 aliphatic carbocycles. The van der Waals surface area contributed by atoms with Gasteiger partial charge in [-0.1, -0.05) is 6.07 Å². The molecule has 2 rings (SSSR count). The Hall–Kier alpha value is -1.75. The zero-order valence-electron chi connectivity index (χ0n) is 8.90. The maximum absolute atomic E-state index is 10.6. The Kier molecular flexibility index (Phi) is 2.70. The average molecular weight is 223 g/mol. The van der Waals surface area contributed by atoms with Crippen LogP contribution in [0.5, 0.6) is 11.5 Å². The lowest BCUT2D eigenvalue weighted by atomic mass is 9.98. The first-order chi connectivity index (χ1) is 7.59. The summed E-state index contributed by atoms with van der Waals surface area (Å²) < 4.78 is 10.5. The first-order valence-corrected chi connectivity index (χ1v) is 4.96. The number of carboxylic acids is 1. The van der Waals surface area contributed by atoms with Crippen LogP contribution in [0.1, 0.15) is 23.6 Å². The SMILES string of the molecule is Cc1c(C(N)CC(=O)O)ccc2c1OCO2. The van der Waals surface area contributed by atoms with E-state index in [-0.39, 0.29) is 13.2 Å². The molecule has 0 bridgehead atoms. The molecule has 0 amide bonds. The molecule has 1 heterocycles. The molecular formula is C11H13NO4. The van der Waals surface area contributed by atoms with Crippen LogP contribution in [0.4, 0.5) is 0 Å². The molecule has 1 aromatic rings. The minimum atomic E-state index is -0.912. The van der Waals surface area contributed by atoms with Gasteiger partial charge in [0.05, 0.1) is 6.42 Å². The van der Waals surface area contributed by atoms with E-state index in [2.05, 4.69) is 0 Å². The molecule has 1 atom stereocenters. The van der Waals surface area contributed by atoms with E-state index in [9.17, 15) is 4.79 Å². The van der Waals surface area contributed by atoms with E-state index in [1.54, 1.807) is 12.1 Å². The third-order valence-electron chi connectivity index (χ3n) is 2.62. The Labute approximate surface area is 92.8 Å². The molecule has 0 fully saturated rings. The van der Waals surface area contributed by atoms with Gasteiger partial charge in [0.2, 0.25) is 6.79 Å². The van der Waals surface area contributed by atoms with Gasteiger partial charge in [-0.3, -0.25) is 4.79 Å². The number of fused-ring (bicyclic) bond motifs is 1. The van der Waals surface area contributed by atoms with E-state index >= 15 is 0 Å². The van der Waals surface area contributed by atoms with Crippen LogP contribution >= 0.6 is 0 Å². The summed E-state index contributed by atoms with van der Waals surface area (Å²) in [5.74, 6) is 0.437. The number of ether oxygens (including phenoxy) is 2. The minimum Gasteiger partial charge on any atom is -0.481 e. The Morgan fingerprint density at radius 1 is 1.56 bits per heavy atom. The maximum Gasteiger partial charge on any atom is 0.305 e. The van der Waals surface area contributed by atoms with Gasteiger partial charge < -0.3 is 20.3 Å².